The third-order valence-electron chi connectivity index (χ3n) is 3.78. The lowest BCUT2D eigenvalue weighted by Crippen LogP contribution is -2.12. The van der Waals surface area contributed by atoms with Gasteiger partial charge in [-0.25, -0.2) is 0 Å². The van der Waals surface area contributed by atoms with Gasteiger partial charge in [0.25, 0.3) is 5.56 Å². The molecule has 0 fully saturated rings. The lowest BCUT2D eigenvalue weighted by atomic mass is 10.1. The van der Waals surface area contributed by atoms with E-state index in [2.05, 4.69) is 17.1 Å². The molecule has 2 aromatic heterocycles. The van der Waals surface area contributed by atoms with Crippen LogP contribution in [0.5, 0.6) is 0 Å². The number of nitrogens with one attached hydrogen (secondary N) is 1. The summed E-state index contributed by atoms with van der Waals surface area (Å²) in [5.74, 6) is 0. The van der Waals surface area contributed by atoms with Crippen LogP contribution in [0.2, 0.25) is 0 Å². The van der Waals surface area contributed by atoms with Crippen LogP contribution in [0.1, 0.15) is 11.3 Å². The average molecular weight is 274 g/mol. The summed E-state index contributed by atoms with van der Waals surface area (Å²) >= 11 is 0. The van der Waals surface area contributed by atoms with Crippen LogP contribution in [0.4, 0.5) is 0 Å². The summed E-state index contributed by atoms with van der Waals surface area (Å²) in [6.45, 7) is 0. The molecular formula is C18H14N2O. The van der Waals surface area contributed by atoms with Gasteiger partial charge in [-0.15, -0.1) is 0 Å². The number of rotatable bonds is 2. The van der Waals surface area contributed by atoms with Crippen LogP contribution in [0.15, 0.2) is 71.7 Å². The molecule has 0 amide bonds. The highest BCUT2D eigenvalue weighted by Crippen LogP contribution is 2.18. The lowest BCUT2D eigenvalue weighted by Gasteiger charge is -2.04. The summed E-state index contributed by atoms with van der Waals surface area (Å²) in [4.78, 5) is 15.3. The highest BCUT2D eigenvalue weighted by atomic mass is 16.1. The normalized spacial score (nSPS) is 11.2. The third kappa shape index (κ3) is 2.03. The van der Waals surface area contributed by atoms with Gasteiger partial charge in [-0.1, -0.05) is 48.5 Å². The molecule has 4 rings (SSSR count). The van der Waals surface area contributed by atoms with E-state index in [1.807, 2.05) is 59.1 Å². The van der Waals surface area contributed by atoms with E-state index >= 15 is 0 Å². The van der Waals surface area contributed by atoms with Gasteiger partial charge in [0, 0.05) is 23.7 Å². The van der Waals surface area contributed by atoms with Crippen molar-refractivity contribution in [2.75, 3.05) is 0 Å². The van der Waals surface area contributed by atoms with Crippen molar-refractivity contribution in [1.82, 2.24) is 9.38 Å². The van der Waals surface area contributed by atoms with Crippen molar-refractivity contribution >= 4 is 16.4 Å². The van der Waals surface area contributed by atoms with Crippen molar-refractivity contribution in [2.24, 2.45) is 0 Å². The van der Waals surface area contributed by atoms with E-state index in [9.17, 15) is 4.79 Å². The van der Waals surface area contributed by atoms with Crippen LogP contribution in [0.3, 0.4) is 0 Å². The first-order chi connectivity index (χ1) is 10.3. The molecule has 0 unspecified atom stereocenters. The molecule has 3 heteroatoms. The molecule has 2 heterocycles. The maximum absolute atomic E-state index is 12.3. The van der Waals surface area contributed by atoms with Crippen LogP contribution in [-0.2, 0) is 6.42 Å². The second-order valence-electron chi connectivity index (χ2n) is 5.23. The van der Waals surface area contributed by atoms with E-state index in [1.165, 1.54) is 5.56 Å². The SMILES string of the molecule is O=c1[nH]c(Cc2ccccc2)cn2c1cc1ccccc12. The van der Waals surface area contributed by atoms with E-state index in [0.717, 1.165) is 23.0 Å². The van der Waals surface area contributed by atoms with Gasteiger partial charge >= 0.3 is 0 Å². The molecule has 1 N–H and O–H groups in total. The fourth-order valence-electron chi connectivity index (χ4n) is 2.79. The van der Waals surface area contributed by atoms with Crippen molar-refractivity contribution in [1.29, 1.82) is 0 Å². The molecule has 0 radical (unpaired) electrons. The number of H-pyrrole nitrogens is 1. The summed E-state index contributed by atoms with van der Waals surface area (Å²) in [6.07, 6.45) is 2.74. The van der Waals surface area contributed by atoms with Crippen molar-refractivity contribution in [3.8, 4) is 0 Å². The molecule has 2 aromatic carbocycles. The maximum Gasteiger partial charge on any atom is 0.272 e. The molecule has 0 saturated heterocycles. The first-order valence-corrected chi connectivity index (χ1v) is 6.97. The lowest BCUT2D eigenvalue weighted by molar-refractivity contribution is 0.999. The molecular weight excluding hydrogens is 260 g/mol. The Labute approximate surface area is 121 Å². The number of fused-ring (bicyclic) bond motifs is 3. The Kier molecular flexibility index (Phi) is 2.64. The van der Waals surface area contributed by atoms with Crippen molar-refractivity contribution in [3.63, 3.8) is 0 Å². The quantitative estimate of drug-likeness (QED) is 0.598. The van der Waals surface area contributed by atoms with Crippen LogP contribution < -0.4 is 5.56 Å². The van der Waals surface area contributed by atoms with Gasteiger partial charge < -0.3 is 9.38 Å². The number of aromatic nitrogens is 2. The smallest absolute Gasteiger partial charge is 0.272 e. The molecule has 21 heavy (non-hydrogen) atoms. The first kappa shape index (κ1) is 12.0. The summed E-state index contributed by atoms with van der Waals surface area (Å²) in [7, 11) is 0. The molecule has 0 aliphatic rings. The summed E-state index contributed by atoms with van der Waals surface area (Å²) in [6, 6.07) is 20.1. The molecule has 0 bridgehead atoms. The second kappa shape index (κ2) is 4.63. The zero-order valence-corrected chi connectivity index (χ0v) is 11.4. The Morgan fingerprint density at radius 1 is 0.905 bits per heavy atom. The number of benzene rings is 2. The zero-order valence-electron chi connectivity index (χ0n) is 11.4. The van der Waals surface area contributed by atoms with Gasteiger partial charge in [-0.05, 0) is 17.7 Å². The van der Waals surface area contributed by atoms with Crippen LogP contribution in [0.25, 0.3) is 16.4 Å². The molecule has 4 aromatic rings. The van der Waals surface area contributed by atoms with E-state index in [0.29, 0.717) is 5.52 Å². The number of para-hydroxylation sites is 1. The van der Waals surface area contributed by atoms with E-state index in [-0.39, 0.29) is 5.56 Å². The summed E-state index contributed by atoms with van der Waals surface area (Å²) in [5, 5.41) is 1.08. The Morgan fingerprint density at radius 2 is 1.67 bits per heavy atom. The number of hydrogen-bond donors (Lipinski definition) is 1. The Hall–Kier alpha value is -2.81. The van der Waals surface area contributed by atoms with Gasteiger partial charge in [-0.2, -0.15) is 0 Å². The minimum Gasteiger partial charge on any atom is -0.323 e. The third-order valence-corrected chi connectivity index (χ3v) is 3.78. The molecule has 102 valence electrons. The van der Waals surface area contributed by atoms with Crippen LogP contribution >= 0.6 is 0 Å². The topological polar surface area (TPSA) is 37.3 Å². The predicted octanol–water partition coefficient (Wildman–Crippen LogP) is 3.37. The molecule has 0 spiro atoms. The van der Waals surface area contributed by atoms with Crippen molar-refractivity contribution in [3.05, 3.63) is 88.5 Å². The average Bonchev–Trinajstić information content (AvgIpc) is 2.88. The monoisotopic (exact) mass is 274 g/mol. The standard InChI is InChI=1S/C18H14N2O/c21-18-17-11-14-8-4-5-9-16(14)20(17)12-15(19-18)10-13-6-2-1-3-7-13/h1-9,11-12H,10H2,(H,19,21). The summed E-state index contributed by atoms with van der Waals surface area (Å²) < 4.78 is 1.98. The van der Waals surface area contributed by atoms with E-state index < -0.39 is 0 Å². The van der Waals surface area contributed by atoms with E-state index in [1.54, 1.807) is 0 Å². The highest BCUT2D eigenvalue weighted by molar-refractivity contribution is 5.86. The number of aromatic amines is 1. The van der Waals surface area contributed by atoms with Crippen LogP contribution in [0, 0.1) is 0 Å². The summed E-state index contributed by atoms with van der Waals surface area (Å²) in [5.41, 5.74) is 3.81. The Bertz CT molecular complexity index is 980. The zero-order chi connectivity index (χ0) is 14.2. The Morgan fingerprint density at radius 3 is 2.52 bits per heavy atom. The first-order valence-electron chi connectivity index (χ1n) is 6.97. The minimum absolute atomic E-state index is 0.0420. The van der Waals surface area contributed by atoms with Gasteiger partial charge in [0.05, 0.1) is 5.52 Å². The second-order valence-corrected chi connectivity index (χ2v) is 5.23. The fourth-order valence-corrected chi connectivity index (χ4v) is 2.79. The molecule has 0 aliphatic carbocycles. The van der Waals surface area contributed by atoms with Crippen LogP contribution in [-0.4, -0.2) is 9.38 Å². The largest absolute Gasteiger partial charge is 0.323 e. The molecule has 0 aliphatic heterocycles. The van der Waals surface area contributed by atoms with Gasteiger partial charge in [0.2, 0.25) is 0 Å². The molecule has 0 atom stereocenters. The fraction of sp³-hybridized carbons (Fsp3) is 0.0556. The maximum atomic E-state index is 12.3. The Balaban J connectivity index is 1.91. The van der Waals surface area contributed by atoms with Crippen molar-refractivity contribution in [2.45, 2.75) is 6.42 Å². The van der Waals surface area contributed by atoms with Crippen molar-refractivity contribution < 1.29 is 0 Å². The van der Waals surface area contributed by atoms with Gasteiger partial charge in [-0.3, -0.25) is 4.79 Å². The minimum atomic E-state index is -0.0420. The number of hydrogen-bond acceptors (Lipinski definition) is 1. The molecule has 3 nitrogen and oxygen atoms in total. The number of nitrogens with zero attached hydrogens (tertiary/aromatic N) is 1. The van der Waals surface area contributed by atoms with E-state index in [4.69, 9.17) is 0 Å². The highest BCUT2D eigenvalue weighted by Gasteiger charge is 2.07. The molecule has 0 saturated carbocycles. The van der Waals surface area contributed by atoms with Gasteiger partial charge in [0.15, 0.2) is 0 Å². The predicted molar refractivity (Wildman–Crippen MR) is 84.8 cm³/mol. The van der Waals surface area contributed by atoms with Gasteiger partial charge in [0.1, 0.15) is 5.52 Å².